The van der Waals surface area contributed by atoms with Gasteiger partial charge in [-0.25, -0.2) is 0 Å². The molecule has 2 rings (SSSR count). The molecule has 0 amide bonds. The summed E-state index contributed by atoms with van der Waals surface area (Å²) in [6.45, 7) is 4.60. The lowest BCUT2D eigenvalue weighted by Crippen LogP contribution is -2.41. The quantitative estimate of drug-likeness (QED) is 0.821. The minimum absolute atomic E-state index is 0.0400. The van der Waals surface area contributed by atoms with Crippen LogP contribution >= 0.6 is 0 Å². The normalized spacial score (nSPS) is 15.2. The van der Waals surface area contributed by atoms with Crippen LogP contribution in [0.25, 0.3) is 0 Å². The van der Waals surface area contributed by atoms with Crippen molar-refractivity contribution in [3.8, 4) is 5.75 Å². The summed E-state index contributed by atoms with van der Waals surface area (Å²) >= 11 is 0. The lowest BCUT2D eigenvalue weighted by atomic mass is 10.0. The second-order valence-electron chi connectivity index (χ2n) is 5.34. The summed E-state index contributed by atoms with van der Waals surface area (Å²) in [5, 5.41) is 13.7. The van der Waals surface area contributed by atoms with Crippen LogP contribution in [0, 0.1) is 0 Å². The zero-order valence-corrected chi connectivity index (χ0v) is 12.6. The first-order valence-electron chi connectivity index (χ1n) is 7.33. The van der Waals surface area contributed by atoms with Crippen molar-refractivity contribution < 1.29 is 9.84 Å². The number of benzene rings is 2. The van der Waals surface area contributed by atoms with Gasteiger partial charge >= 0.3 is 0 Å². The molecule has 0 aliphatic rings. The van der Waals surface area contributed by atoms with Crippen LogP contribution in [0.4, 0.5) is 0 Å². The van der Waals surface area contributed by atoms with Crippen molar-refractivity contribution in [2.45, 2.75) is 32.0 Å². The summed E-state index contributed by atoms with van der Waals surface area (Å²) in [6.07, 6.45) is -0.523. The van der Waals surface area contributed by atoms with Gasteiger partial charge in [0.15, 0.2) is 0 Å². The van der Waals surface area contributed by atoms with Crippen LogP contribution in [-0.4, -0.2) is 23.8 Å². The van der Waals surface area contributed by atoms with Crippen molar-refractivity contribution in [1.82, 2.24) is 5.32 Å². The maximum atomic E-state index is 10.3. The molecular formula is C18H23NO2. The van der Waals surface area contributed by atoms with Gasteiger partial charge in [0, 0.05) is 12.1 Å². The molecule has 3 heteroatoms. The molecule has 0 radical (unpaired) electrons. The van der Waals surface area contributed by atoms with E-state index in [1.54, 1.807) is 0 Å². The van der Waals surface area contributed by atoms with Crippen molar-refractivity contribution in [3.63, 3.8) is 0 Å². The number of aliphatic hydroxyl groups excluding tert-OH is 1. The van der Waals surface area contributed by atoms with E-state index in [9.17, 15) is 5.11 Å². The summed E-state index contributed by atoms with van der Waals surface area (Å²) in [6, 6.07) is 19.6. The fourth-order valence-electron chi connectivity index (χ4n) is 2.26. The topological polar surface area (TPSA) is 41.5 Å². The van der Waals surface area contributed by atoms with E-state index in [1.807, 2.05) is 67.6 Å². The standard InChI is InChI=1S/C18H23NO2/c1-14(13-21-17-11-7-4-8-12-17)19-15(2)18(20)16-9-5-3-6-10-16/h3-12,14-15,18-20H,13H2,1-2H3/t14-,15-,18+/m1/s1. The SMILES string of the molecule is C[C@H](COc1ccccc1)N[C@H](C)[C@H](O)c1ccccc1. The van der Waals surface area contributed by atoms with Gasteiger partial charge in [0.1, 0.15) is 12.4 Å². The molecule has 0 saturated carbocycles. The molecular weight excluding hydrogens is 262 g/mol. The molecule has 0 unspecified atom stereocenters. The smallest absolute Gasteiger partial charge is 0.119 e. The van der Waals surface area contributed by atoms with E-state index in [-0.39, 0.29) is 12.1 Å². The highest BCUT2D eigenvalue weighted by Gasteiger charge is 2.18. The minimum Gasteiger partial charge on any atom is -0.492 e. The van der Waals surface area contributed by atoms with Crippen LogP contribution in [0.15, 0.2) is 60.7 Å². The Balaban J connectivity index is 1.80. The predicted octanol–water partition coefficient (Wildman–Crippen LogP) is 3.17. The fourth-order valence-corrected chi connectivity index (χ4v) is 2.26. The number of nitrogens with one attached hydrogen (secondary N) is 1. The lowest BCUT2D eigenvalue weighted by molar-refractivity contribution is 0.124. The van der Waals surface area contributed by atoms with E-state index in [1.165, 1.54) is 0 Å². The molecule has 2 aromatic carbocycles. The Morgan fingerprint density at radius 2 is 1.52 bits per heavy atom. The van der Waals surface area contributed by atoms with E-state index in [4.69, 9.17) is 4.74 Å². The highest BCUT2D eigenvalue weighted by Crippen LogP contribution is 2.16. The number of para-hydroxylation sites is 1. The van der Waals surface area contributed by atoms with E-state index < -0.39 is 6.10 Å². The zero-order valence-electron chi connectivity index (χ0n) is 12.6. The first-order valence-corrected chi connectivity index (χ1v) is 7.33. The molecule has 112 valence electrons. The molecule has 0 aromatic heterocycles. The predicted molar refractivity (Wildman–Crippen MR) is 85.4 cm³/mol. The van der Waals surface area contributed by atoms with E-state index in [2.05, 4.69) is 12.2 Å². The molecule has 0 bridgehead atoms. The van der Waals surface area contributed by atoms with Gasteiger partial charge in [-0.2, -0.15) is 0 Å². The summed E-state index contributed by atoms with van der Waals surface area (Å²) in [7, 11) is 0. The molecule has 21 heavy (non-hydrogen) atoms. The van der Waals surface area contributed by atoms with Crippen molar-refractivity contribution in [1.29, 1.82) is 0 Å². The third-order valence-electron chi connectivity index (χ3n) is 3.41. The number of ether oxygens (including phenoxy) is 1. The molecule has 3 nitrogen and oxygen atoms in total. The highest BCUT2D eigenvalue weighted by molar-refractivity contribution is 5.21. The van der Waals surface area contributed by atoms with Gasteiger partial charge in [0.05, 0.1) is 6.10 Å². The molecule has 0 aliphatic carbocycles. The van der Waals surface area contributed by atoms with Crippen molar-refractivity contribution in [3.05, 3.63) is 66.2 Å². The van der Waals surface area contributed by atoms with E-state index in [0.29, 0.717) is 6.61 Å². The molecule has 2 N–H and O–H groups in total. The second kappa shape index (κ2) is 7.81. The maximum absolute atomic E-state index is 10.3. The Morgan fingerprint density at radius 3 is 2.14 bits per heavy atom. The number of hydrogen-bond acceptors (Lipinski definition) is 3. The van der Waals surface area contributed by atoms with Gasteiger partial charge in [0.25, 0.3) is 0 Å². The number of rotatable bonds is 7. The molecule has 0 heterocycles. The van der Waals surface area contributed by atoms with Crippen LogP contribution in [0.2, 0.25) is 0 Å². The Kier molecular flexibility index (Phi) is 5.78. The molecule has 3 atom stereocenters. The van der Waals surface area contributed by atoms with Gasteiger partial charge in [0.2, 0.25) is 0 Å². The summed E-state index contributed by atoms with van der Waals surface area (Å²) in [4.78, 5) is 0. The molecule has 0 spiro atoms. The van der Waals surface area contributed by atoms with Crippen LogP contribution in [-0.2, 0) is 0 Å². The third kappa shape index (κ3) is 4.88. The van der Waals surface area contributed by atoms with Crippen molar-refractivity contribution in [2.24, 2.45) is 0 Å². The van der Waals surface area contributed by atoms with Crippen molar-refractivity contribution >= 4 is 0 Å². The third-order valence-corrected chi connectivity index (χ3v) is 3.41. The first kappa shape index (κ1) is 15.5. The van der Waals surface area contributed by atoms with E-state index >= 15 is 0 Å². The fraction of sp³-hybridized carbons (Fsp3) is 0.333. The highest BCUT2D eigenvalue weighted by atomic mass is 16.5. The van der Waals surface area contributed by atoms with Crippen molar-refractivity contribution in [2.75, 3.05) is 6.61 Å². The average molecular weight is 285 g/mol. The Labute approximate surface area is 126 Å². The lowest BCUT2D eigenvalue weighted by Gasteiger charge is -2.24. The minimum atomic E-state index is -0.523. The largest absolute Gasteiger partial charge is 0.492 e. The average Bonchev–Trinajstić information content (AvgIpc) is 2.54. The molecule has 0 saturated heterocycles. The van der Waals surface area contributed by atoms with E-state index in [0.717, 1.165) is 11.3 Å². The van der Waals surface area contributed by atoms with Gasteiger partial charge < -0.3 is 15.2 Å². The van der Waals surface area contributed by atoms with Crippen LogP contribution < -0.4 is 10.1 Å². The van der Waals surface area contributed by atoms with Crippen LogP contribution in [0.5, 0.6) is 5.75 Å². The van der Waals surface area contributed by atoms with Gasteiger partial charge in [-0.05, 0) is 31.5 Å². The first-order chi connectivity index (χ1) is 10.2. The van der Waals surface area contributed by atoms with Crippen LogP contribution in [0.1, 0.15) is 25.5 Å². The number of aliphatic hydroxyl groups is 1. The maximum Gasteiger partial charge on any atom is 0.119 e. The molecule has 2 aromatic rings. The van der Waals surface area contributed by atoms with Crippen LogP contribution in [0.3, 0.4) is 0 Å². The Hall–Kier alpha value is -1.84. The summed E-state index contributed by atoms with van der Waals surface area (Å²) in [5.41, 5.74) is 0.925. The monoisotopic (exact) mass is 285 g/mol. The summed E-state index contributed by atoms with van der Waals surface area (Å²) in [5.74, 6) is 0.863. The Morgan fingerprint density at radius 1 is 0.952 bits per heavy atom. The van der Waals surface area contributed by atoms with Gasteiger partial charge in [-0.1, -0.05) is 48.5 Å². The van der Waals surface area contributed by atoms with Gasteiger partial charge in [-0.3, -0.25) is 0 Å². The Bertz CT molecular complexity index is 515. The molecule has 0 fully saturated rings. The second-order valence-corrected chi connectivity index (χ2v) is 5.34. The van der Waals surface area contributed by atoms with Gasteiger partial charge in [-0.15, -0.1) is 0 Å². The number of hydrogen-bond donors (Lipinski definition) is 2. The molecule has 0 aliphatic heterocycles. The zero-order chi connectivity index (χ0) is 15.1. The summed E-state index contributed by atoms with van der Waals surface area (Å²) < 4.78 is 5.71.